The Labute approximate surface area is 147 Å². The van der Waals surface area contributed by atoms with Gasteiger partial charge in [-0.05, 0) is 73.9 Å². The lowest BCUT2D eigenvalue weighted by atomic mass is 10.0. The summed E-state index contributed by atoms with van der Waals surface area (Å²) in [7, 11) is 2.13. The molecule has 6 heteroatoms. The third-order valence-electron chi connectivity index (χ3n) is 4.57. The maximum atomic E-state index is 12.7. The summed E-state index contributed by atoms with van der Waals surface area (Å²) in [5, 5.41) is 7.28. The van der Waals surface area contributed by atoms with Crippen LogP contribution in [0.1, 0.15) is 24.2 Å². The van der Waals surface area contributed by atoms with E-state index in [0.717, 1.165) is 38.1 Å². The Kier molecular flexibility index (Phi) is 5.93. The maximum Gasteiger partial charge on any atom is 0.318 e. The highest BCUT2D eigenvalue weighted by Crippen LogP contribution is 2.19. The minimum atomic E-state index is 0.0104. The third kappa shape index (κ3) is 4.61. The van der Waals surface area contributed by atoms with Gasteiger partial charge in [-0.15, -0.1) is 0 Å². The van der Waals surface area contributed by atoms with Gasteiger partial charge in [-0.1, -0.05) is 0 Å². The van der Waals surface area contributed by atoms with Gasteiger partial charge >= 0.3 is 6.03 Å². The molecule has 2 aromatic rings. The van der Waals surface area contributed by atoms with E-state index in [1.165, 1.54) is 5.56 Å². The lowest BCUT2D eigenvalue weighted by molar-refractivity contribution is 0.122. The molecular weight excluding hydrogens is 322 g/mol. The highest BCUT2D eigenvalue weighted by Gasteiger charge is 2.27. The molecule has 130 valence electrons. The van der Waals surface area contributed by atoms with Crippen LogP contribution in [0.25, 0.3) is 0 Å². The van der Waals surface area contributed by atoms with Gasteiger partial charge in [0.2, 0.25) is 0 Å². The molecule has 0 bridgehead atoms. The first kappa shape index (κ1) is 17.0. The molecule has 0 spiro atoms. The second-order valence-electron chi connectivity index (χ2n) is 6.36. The van der Waals surface area contributed by atoms with Crippen LogP contribution in [0.2, 0.25) is 0 Å². The number of rotatable bonds is 6. The zero-order chi connectivity index (χ0) is 16.8. The second-order valence-corrected chi connectivity index (χ2v) is 7.14. The summed E-state index contributed by atoms with van der Waals surface area (Å²) >= 11 is 1.69. The molecule has 2 aromatic heterocycles. The van der Waals surface area contributed by atoms with Gasteiger partial charge in [0.15, 0.2) is 0 Å². The Morgan fingerprint density at radius 3 is 2.92 bits per heavy atom. The average molecular weight is 347 g/mol. The number of carbonyl (C=O) groups is 1. The molecule has 1 N–H and O–H groups in total. The minimum absolute atomic E-state index is 0.0104. The Balaban J connectivity index is 1.58. The largest absolute Gasteiger partial charge is 0.467 e. The van der Waals surface area contributed by atoms with Crippen molar-refractivity contribution in [3.8, 4) is 0 Å². The number of thiophene rings is 1. The Hall–Kier alpha value is -1.79. The zero-order valence-electron chi connectivity index (χ0n) is 14.1. The standard InChI is InChI=1S/C18H25N3O2S/c1-20-9-5-16(6-10-20)21(13-17-3-2-11-23-17)18(22)19-8-4-15-7-12-24-14-15/h2-3,7,11-12,14,16H,4-6,8-10,13H2,1H3,(H,19,22). The number of urea groups is 1. The topological polar surface area (TPSA) is 48.7 Å². The van der Waals surface area contributed by atoms with E-state index in [0.29, 0.717) is 13.1 Å². The van der Waals surface area contributed by atoms with E-state index in [1.807, 2.05) is 17.0 Å². The average Bonchev–Trinajstić information content (AvgIpc) is 3.27. The summed E-state index contributed by atoms with van der Waals surface area (Å²) < 4.78 is 5.46. The third-order valence-corrected chi connectivity index (χ3v) is 5.30. The van der Waals surface area contributed by atoms with Gasteiger partial charge in [0.05, 0.1) is 12.8 Å². The number of hydrogen-bond donors (Lipinski definition) is 1. The highest BCUT2D eigenvalue weighted by atomic mass is 32.1. The molecular formula is C18H25N3O2S. The predicted octanol–water partition coefficient (Wildman–Crippen LogP) is 3.19. The molecule has 3 rings (SSSR count). The van der Waals surface area contributed by atoms with Gasteiger partial charge in [-0.2, -0.15) is 11.3 Å². The number of hydrogen-bond acceptors (Lipinski definition) is 4. The van der Waals surface area contributed by atoms with E-state index in [-0.39, 0.29) is 12.1 Å². The van der Waals surface area contributed by atoms with E-state index in [4.69, 9.17) is 4.42 Å². The van der Waals surface area contributed by atoms with Crippen molar-refractivity contribution < 1.29 is 9.21 Å². The van der Waals surface area contributed by atoms with Crippen molar-refractivity contribution in [2.45, 2.75) is 31.8 Å². The molecule has 0 aromatic carbocycles. The Morgan fingerprint density at radius 1 is 1.42 bits per heavy atom. The van der Waals surface area contributed by atoms with Crippen LogP contribution >= 0.6 is 11.3 Å². The van der Waals surface area contributed by atoms with Gasteiger partial charge in [0, 0.05) is 12.6 Å². The molecule has 5 nitrogen and oxygen atoms in total. The molecule has 1 fully saturated rings. The minimum Gasteiger partial charge on any atom is -0.467 e. The summed E-state index contributed by atoms with van der Waals surface area (Å²) in [6, 6.07) is 6.19. The SMILES string of the molecule is CN1CCC(N(Cc2ccco2)C(=O)NCCc2ccsc2)CC1. The Bertz CT molecular complexity index is 604. The van der Waals surface area contributed by atoms with Gasteiger partial charge in [0.25, 0.3) is 0 Å². The van der Waals surface area contributed by atoms with Crippen molar-refractivity contribution >= 4 is 17.4 Å². The van der Waals surface area contributed by atoms with Gasteiger partial charge in [-0.3, -0.25) is 0 Å². The molecule has 0 radical (unpaired) electrons. The smallest absolute Gasteiger partial charge is 0.318 e. The monoisotopic (exact) mass is 347 g/mol. The molecule has 0 saturated carbocycles. The molecule has 24 heavy (non-hydrogen) atoms. The van der Waals surface area contributed by atoms with E-state index < -0.39 is 0 Å². The summed E-state index contributed by atoms with van der Waals surface area (Å²) in [4.78, 5) is 17.0. The molecule has 1 aliphatic heterocycles. The number of likely N-dealkylation sites (tertiary alicyclic amines) is 1. The van der Waals surface area contributed by atoms with Crippen molar-refractivity contribution in [2.24, 2.45) is 0 Å². The number of nitrogens with one attached hydrogen (secondary N) is 1. The summed E-state index contributed by atoms with van der Waals surface area (Å²) in [5.74, 6) is 0.835. The fourth-order valence-corrected chi connectivity index (χ4v) is 3.80. The molecule has 1 saturated heterocycles. The van der Waals surface area contributed by atoms with E-state index >= 15 is 0 Å². The number of piperidine rings is 1. The molecule has 0 atom stereocenters. The first-order valence-electron chi connectivity index (χ1n) is 8.49. The van der Waals surface area contributed by atoms with Crippen LogP contribution in [0.3, 0.4) is 0 Å². The molecule has 3 heterocycles. The summed E-state index contributed by atoms with van der Waals surface area (Å²) in [5.41, 5.74) is 1.28. The fraction of sp³-hybridized carbons (Fsp3) is 0.500. The van der Waals surface area contributed by atoms with Crippen molar-refractivity contribution in [3.63, 3.8) is 0 Å². The number of amides is 2. The van der Waals surface area contributed by atoms with Crippen LogP contribution in [0, 0.1) is 0 Å². The highest BCUT2D eigenvalue weighted by molar-refractivity contribution is 7.07. The summed E-state index contributed by atoms with van der Waals surface area (Å²) in [6.07, 6.45) is 4.55. The predicted molar refractivity (Wildman–Crippen MR) is 96.2 cm³/mol. The first-order chi connectivity index (χ1) is 11.7. The zero-order valence-corrected chi connectivity index (χ0v) is 14.9. The van der Waals surface area contributed by atoms with Crippen molar-refractivity contribution in [1.82, 2.24) is 15.1 Å². The molecule has 0 unspecified atom stereocenters. The van der Waals surface area contributed by atoms with E-state index in [1.54, 1.807) is 17.6 Å². The van der Waals surface area contributed by atoms with Crippen molar-refractivity contribution in [1.29, 1.82) is 0 Å². The lowest BCUT2D eigenvalue weighted by Crippen LogP contribution is -2.50. The van der Waals surface area contributed by atoms with Crippen LogP contribution in [0.4, 0.5) is 4.79 Å². The van der Waals surface area contributed by atoms with E-state index in [9.17, 15) is 4.79 Å². The van der Waals surface area contributed by atoms with Crippen LogP contribution in [0.5, 0.6) is 0 Å². The normalized spacial score (nSPS) is 16.2. The van der Waals surface area contributed by atoms with E-state index in [2.05, 4.69) is 34.1 Å². The Morgan fingerprint density at radius 2 is 2.25 bits per heavy atom. The van der Waals surface area contributed by atoms with Crippen LogP contribution in [0.15, 0.2) is 39.6 Å². The van der Waals surface area contributed by atoms with Crippen LogP contribution in [-0.2, 0) is 13.0 Å². The summed E-state index contributed by atoms with van der Waals surface area (Å²) in [6.45, 7) is 3.26. The number of furan rings is 1. The molecule has 1 aliphatic rings. The quantitative estimate of drug-likeness (QED) is 0.873. The number of nitrogens with zero attached hydrogens (tertiary/aromatic N) is 2. The lowest BCUT2D eigenvalue weighted by Gasteiger charge is -2.37. The maximum absolute atomic E-state index is 12.7. The molecule has 0 aliphatic carbocycles. The molecule has 2 amide bonds. The fourth-order valence-electron chi connectivity index (χ4n) is 3.09. The van der Waals surface area contributed by atoms with Gasteiger partial charge in [0.1, 0.15) is 5.76 Å². The number of carbonyl (C=O) groups excluding carboxylic acids is 1. The van der Waals surface area contributed by atoms with Crippen molar-refractivity contribution in [2.75, 3.05) is 26.7 Å². The van der Waals surface area contributed by atoms with Gasteiger partial charge < -0.3 is 19.5 Å². The second kappa shape index (κ2) is 8.35. The van der Waals surface area contributed by atoms with Gasteiger partial charge in [-0.25, -0.2) is 4.79 Å². The van der Waals surface area contributed by atoms with Crippen molar-refractivity contribution in [3.05, 3.63) is 46.5 Å². The first-order valence-corrected chi connectivity index (χ1v) is 9.43. The van der Waals surface area contributed by atoms with Crippen LogP contribution < -0.4 is 5.32 Å². The van der Waals surface area contributed by atoms with Crippen LogP contribution in [-0.4, -0.2) is 48.6 Å².